The predicted octanol–water partition coefficient (Wildman–Crippen LogP) is 6.55. The Bertz CT molecular complexity index is 1070. The number of imidazole rings is 1. The molecule has 0 aliphatic rings. The first-order chi connectivity index (χ1) is 13.6. The van der Waals surface area contributed by atoms with Crippen molar-refractivity contribution in [3.05, 3.63) is 94.2 Å². The van der Waals surface area contributed by atoms with Gasteiger partial charge in [0.15, 0.2) is 0 Å². The number of ether oxygens (including phenoxy) is 1. The van der Waals surface area contributed by atoms with Gasteiger partial charge in [0.2, 0.25) is 0 Å². The molecular formula is C24H23BrN2O. The van der Waals surface area contributed by atoms with Crippen molar-refractivity contribution >= 4 is 27.0 Å². The fraction of sp³-hybridized carbons (Fsp3) is 0.208. The van der Waals surface area contributed by atoms with Gasteiger partial charge in [-0.1, -0.05) is 66.2 Å². The van der Waals surface area contributed by atoms with Crippen molar-refractivity contribution in [1.29, 1.82) is 0 Å². The summed E-state index contributed by atoms with van der Waals surface area (Å²) in [5.74, 6) is 2.31. The summed E-state index contributed by atoms with van der Waals surface area (Å²) >= 11 is 3.50. The fourth-order valence-electron chi connectivity index (χ4n) is 3.28. The molecule has 4 aromatic rings. The predicted molar refractivity (Wildman–Crippen MR) is 118 cm³/mol. The highest BCUT2D eigenvalue weighted by molar-refractivity contribution is 9.10. The molecule has 1 heterocycles. The second-order valence-electron chi connectivity index (χ2n) is 7.24. The minimum Gasteiger partial charge on any atom is -0.486 e. The quantitative estimate of drug-likeness (QED) is 0.343. The van der Waals surface area contributed by atoms with E-state index in [-0.39, 0.29) is 0 Å². The van der Waals surface area contributed by atoms with Gasteiger partial charge in [0.05, 0.1) is 11.0 Å². The summed E-state index contributed by atoms with van der Waals surface area (Å²) in [6, 6.07) is 25.0. The van der Waals surface area contributed by atoms with Crippen LogP contribution in [-0.2, 0) is 13.2 Å². The molecule has 0 spiro atoms. The standard InChI is InChI=1S/C24H23BrN2O/c1-17(2)19-9-13-21(14-10-19)28-16-24-26-22-5-3-4-6-23(22)27(24)15-18-7-11-20(25)12-8-18/h3-14,17H,15-16H2,1-2H3. The third-order valence-corrected chi connectivity index (χ3v) is 5.43. The van der Waals surface area contributed by atoms with E-state index in [1.54, 1.807) is 0 Å². The molecule has 4 rings (SSSR count). The molecule has 3 aromatic carbocycles. The van der Waals surface area contributed by atoms with Crippen molar-refractivity contribution in [2.24, 2.45) is 0 Å². The number of rotatable bonds is 6. The van der Waals surface area contributed by atoms with E-state index in [1.807, 2.05) is 24.3 Å². The third kappa shape index (κ3) is 4.12. The minimum absolute atomic E-state index is 0.437. The van der Waals surface area contributed by atoms with Gasteiger partial charge in [-0.2, -0.15) is 0 Å². The molecule has 142 valence electrons. The highest BCUT2D eigenvalue weighted by Gasteiger charge is 2.12. The lowest BCUT2D eigenvalue weighted by Crippen LogP contribution is -2.08. The van der Waals surface area contributed by atoms with Gasteiger partial charge in [0.25, 0.3) is 0 Å². The first kappa shape index (κ1) is 18.8. The van der Waals surface area contributed by atoms with Crippen molar-refractivity contribution in [3.63, 3.8) is 0 Å². The smallest absolute Gasteiger partial charge is 0.148 e. The van der Waals surface area contributed by atoms with Crippen molar-refractivity contribution in [2.75, 3.05) is 0 Å². The summed E-state index contributed by atoms with van der Waals surface area (Å²) in [7, 11) is 0. The molecule has 28 heavy (non-hydrogen) atoms. The van der Waals surface area contributed by atoms with Gasteiger partial charge in [0, 0.05) is 11.0 Å². The van der Waals surface area contributed by atoms with Crippen molar-refractivity contribution < 1.29 is 4.74 Å². The molecule has 1 aromatic heterocycles. The van der Waals surface area contributed by atoms with Crippen LogP contribution in [0, 0.1) is 0 Å². The van der Waals surface area contributed by atoms with Crippen LogP contribution in [0.2, 0.25) is 0 Å². The Balaban J connectivity index is 1.59. The Morgan fingerprint density at radius 3 is 2.36 bits per heavy atom. The summed E-state index contributed by atoms with van der Waals surface area (Å²) in [4.78, 5) is 4.82. The van der Waals surface area contributed by atoms with Gasteiger partial charge in [-0.05, 0) is 53.4 Å². The van der Waals surface area contributed by atoms with Crippen LogP contribution in [0.5, 0.6) is 5.75 Å². The van der Waals surface area contributed by atoms with E-state index in [0.29, 0.717) is 12.5 Å². The first-order valence-electron chi connectivity index (χ1n) is 9.51. The van der Waals surface area contributed by atoms with Crippen LogP contribution >= 0.6 is 15.9 Å². The van der Waals surface area contributed by atoms with E-state index < -0.39 is 0 Å². The van der Waals surface area contributed by atoms with Crippen LogP contribution < -0.4 is 4.74 Å². The molecule has 0 bridgehead atoms. The summed E-state index contributed by atoms with van der Waals surface area (Å²) in [5, 5.41) is 0. The molecule has 0 atom stereocenters. The van der Waals surface area contributed by atoms with E-state index in [1.165, 1.54) is 11.1 Å². The van der Waals surface area contributed by atoms with Crippen LogP contribution in [0.3, 0.4) is 0 Å². The van der Waals surface area contributed by atoms with Crippen LogP contribution in [0.15, 0.2) is 77.3 Å². The van der Waals surface area contributed by atoms with E-state index >= 15 is 0 Å². The zero-order valence-corrected chi connectivity index (χ0v) is 17.7. The second kappa shape index (κ2) is 8.19. The summed E-state index contributed by atoms with van der Waals surface area (Å²) in [5.41, 5.74) is 4.66. The Morgan fingerprint density at radius 1 is 0.929 bits per heavy atom. The lowest BCUT2D eigenvalue weighted by molar-refractivity contribution is 0.291. The molecule has 0 aliphatic carbocycles. The van der Waals surface area contributed by atoms with Crippen LogP contribution in [-0.4, -0.2) is 9.55 Å². The van der Waals surface area contributed by atoms with E-state index in [4.69, 9.17) is 9.72 Å². The number of para-hydroxylation sites is 2. The molecule has 3 nitrogen and oxygen atoms in total. The van der Waals surface area contributed by atoms with E-state index in [2.05, 4.69) is 82.9 Å². The zero-order valence-electron chi connectivity index (χ0n) is 16.1. The zero-order chi connectivity index (χ0) is 19.5. The average Bonchev–Trinajstić information content (AvgIpc) is 3.06. The SMILES string of the molecule is CC(C)c1ccc(OCc2nc3ccccc3n2Cc2ccc(Br)cc2)cc1. The van der Waals surface area contributed by atoms with Crippen molar-refractivity contribution in [2.45, 2.75) is 32.9 Å². The number of nitrogens with zero attached hydrogens (tertiary/aromatic N) is 2. The summed E-state index contributed by atoms with van der Waals surface area (Å²) in [6.45, 7) is 5.59. The molecule has 0 N–H and O–H groups in total. The molecule has 0 unspecified atom stereocenters. The number of hydrogen-bond donors (Lipinski definition) is 0. The van der Waals surface area contributed by atoms with Crippen LogP contribution in [0.1, 0.15) is 36.7 Å². The van der Waals surface area contributed by atoms with Gasteiger partial charge in [0.1, 0.15) is 18.2 Å². The van der Waals surface area contributed by atoms with Crippen LogP contribution in [0.4, 0.5) is 0 Å². The number of hydrogen-bond acceptors (Lipinski definition) is 2. The topological polar surface area (TPSA) is 27.1 Å². The summed E-state index contributed by atoms with van der Waals surface area (Å²) in [6.07, 6.45) is 0. The highest BCUT2D eigenvalue weighted by Crippen LogP contribution is 2.22. The number of halogens is 1. The maximum atomic E-state index is 6.06. The monoisotopic (exact) mass is 434 g/mol. The Kier molecular flexibility index (Phi) is 5.49. The lowest BCUT2D eigenvalue weighted by Gasteiger charge is -2.12. The maximum absolute atomic E-state index is 6.06. The molecule has 4 heteroatoms. The first-order valence-corrected chi connectivity index (χ1v) is 10.3. The van der Waals surface area contributed by atoms with Gasteiger partial charge < -0.3 is 9.30 Å². The fourth-order valence-corrected chi connectivity index (χ4v) is 3.55. The number of fused-ring (bicyclic) bond motifs is 1. The maximum Gasteiger partial charge on any atom is 0.148 e. The average molecular weight is 435 g/mol. The van der Waals surface area contributed by atoms with Gasteiger partial charge in [-0.25, -0.2) is 4.98 Å². The number of benzene rings is 3. The van der Waals surface area contributed by atoms with Gasteiger partial charge in [-0.15, -0.1) is 0 Å². The molecule has 0 saturated carbocycles. The highest BCUT2D eigenvalue weighted by atomic mass is 79.9. The largest absolute Gasteiger partial charge is 0.486 e. The van der Waals surface area contributed by atoms with E-state index in [9.17, 15) is 0 Å². The Hall–Kier alpha value is -2.59. The normalized spacial score (nSPS) is 11.3. The Labute approximate surface area is 174 Å². The van der Waals surface area contributed by atoms with Crippen molar-refractivity contribution in [3.8, 4) is 5.75 Å². The second-order valence-corrected chi connectivity index (χ2v) is 8.16. The van der Waals surface area contributed by atoms with Gasteiger partial charge in [-0.3, -0.25) is 0 Å². The third-order valence-electron chi connectivity index (χ3n) is 4.90. The number of aromatic nitrogens is 2. The molecule has 0 radical (unpaired) electrons. The molecule has 0 aliphatic heterocycles. The molecule has 0 saturated heterocycles. The molecule has 0 amide bonds. The molecule has 0 fully saturated rings. The lowest BCUT2D eigenvalue weighted by atomic mass is 10.0. The molecular weight excluding hydrogens is 412 g/mol. The Morgan fingerprint density at radius 2 is 1.64 bits per heavy atom. The van der Waals surface area contributed by atoms with E-state index in [0.717, 1.165) is 33.6 Å². The summed E-state index contributed by atoms with van der Waals surface area (Å²) < 4.78 is 9.38. The van der Waals surface area contributed by atoms with Gasteiger partial charge >= 0.3 is 0 Å². The minimum atomic E-state index is 0.437. The van der Waals surface area contributed by atoms with Crippen LogP contribution in [0.25, 0.3) is 11.0 Å². The van der Waals surface area contributed by atoms with Crippen molar-refractivity contribution in [1.82, 2.24) is 9.55 Å².